The number of carbonyl (C=O) groups is 2. The maximum absolute atomic E-state index is 12.1. The molecule has 2 rings (SSSR count). The van der Waals surface area contributed by atoms with Crippen molar-refractivity contribution >= 4 is 11.9 Å². The molecular formula is C14H17NO4. The van der Waals surface area contributed by atoms with Gasteiger partial charge in [0.15, 0.2) is 0 Å². The molecule has 0 radical (unpaired) electrons. The molecule has 1 aromatic carbocycles. The van der Waals surface area contributed by atoms with Gasteiger partial charge < -0.3 is 15.1 Å². The van der Waals surface area contributed by atoms with Gasteiger partial charge in [0.25, 0.3) is 0 Å². The Morgan fingerprint density at radius 2 is 2.05 bits per heavy atom. The second kappa shape index (κ2) is 5.84. The fourth-order valence-corrected chi connectivity index (χ4v) is 2.34. The Balaban J connectivity index is 2.08. The number of likely N-dealkylation sites (tertiary alicyclic amines) is 1. The quantitative estimate of drug-likeness (QED) is 0.849. The van der Waals surface area contributed by atoms with Gasteiger partial charge in [0, 0.05) is 13.1 Å². The molecule has 102 valence electrons. The number of piperidine rings is 1. The molecule has 1 unspecified atom stereocenters. The number of benzene rings is 1. The van der Waals surface area contributed by atoms with E-state index in [2.05, 4.69) is 0 Å². The zero-order chi connectivity index (χ0) is 13.8. The molecule has 2 N–H and O–H groups in total. The lowest BCUT2D eigenvalue weighted by Crippen LogP contribution is -2.42. The van der Waals surface area contributed by atoms with Crippen molar-refractivity contribution in [2.24, 2.45) is 0 Å². The van der Waals surface area contributed by atoms with E-state index in [-0.39, 0.29) is 17.9 Å². The molecule has 1 fully saturated rings. The van der Waals surface area contributed by atoms with E-state index in [0.717, 1.165) is 12.8 Å². The average molecular weight is 263 g/mol. The van der Waals surface area contributed by atoms with Crippen LogP contribution in [0.1, 0.15) is 28.8 Å². The minimum Gasteiger partial charge on any atom is -0.478 e. The highest BCUT2D eigenvalue weighted by Crippen LogP contribution is 2.14. The lowest BCUT2D eigenvalue weighted by atomic mass is 10.0. The summed E-state index contributed by atoms with van der Waals surface area (Å²) >= 11 is 0. The van der Waals surface area contributed by atoms with Gasteiger partial charge >= 0.3 is 5.97 Å². The van der Waals surface area contributed by atoms with E-state index in [9.17, 15) is 14.7 Å². The standard InChI is InChI=1S/C14H17NO4/c16-11-5-3-7-15(9-11)13(17)8-10-4-1-2-6-12(10)14(18)19/h1-2,4,6,11,16H,3,5,7-9H2,(H,18,19). The predicted molar refractivity (Wildman–Crippen MR) is 68.9 cm³/mol. The Labute approximate surface area is 111 Å². The van der Waals surface area contributed by atoms with Gasteiger partial charge in [-0.05, 0) is 24.5 Å². The number of hydrogen-bond donors (Lipinski definition) is 2. The van der Waals surface area contributed by atoms with Crippen LogP contribution in [0.3, 0.4) is 0 Å². The van der Waals surface area contributed by atoms with Gasteiger partial charge in [-0.2, -0.15) is 0 Å². The number of carboxylic acid groups (broad SMARTS) is 1. The monoisotopic (exact) mass is 263 g/mol. The van der Waals surface area contributed by atoms with Crippen LogP contribution >= 0.6 is 0 Å². The van der Waals surface area contributed by atoms with Crippen LogP contribution in [-0.2, 0) is 11.2 Å². The predicted octanol–water partition coefficient (Wildman–Crippen LogP) is 0.911. The number of rotatable bonds is 3. The number of carbonyl (C=O) groups excluding carboxylic acids is 1. The van der Waals surface area contributed by atoms with Crippen molar-refractivity contribution in [3.63, 3.8) is 0 Å². The van der Waals surface area contributed by atoms with Crippen molar-refractivity contribution in [2.45, 2.75) is 25.4 Å². The van der Waals surface area contributed by atoms with Gasteiger partial charge in [-0.15, -0.1) is 0 Å². The van der Waals surface area contributed by atoms with Gasteiger partial charge in [0.1, 0.15) is 0 Å². The Kier molecular flexibility index (Phi) is 4.16. The molecule has 5 heteroatoms. The van der Waals surface area contributed by atoms with Crippen molar-refractivity contribution < 1.29 is 19.8 Å². The van der Waals surface area contributed by atoms with Crippen LogP contribution in [-0.4, -0.2) is 46.2 Å². The lowest BCUT2D eigenvalue weighted by molar-refractivity contribution is -0.133. The highest BCUT2D eigenvalue weighted by atomic mass is 16.4. The minimum atomic E-state index is -1.03. The molecule has 5 nitrogen and oxygen atoms in total. The van der Waals surface area contributed by atoms with Crippen LogP contribution in [0.25, 0.3) is 0 Å². The van der Waals surface area contributed by atoms with Gasteiger partial charge in [-0.25, -0.2) is 4.79 Å². The largest absolute Gasteiger partial charge is 0.478 e. The first-order chi connectivity index (χ1) is 9.08. The van der Waals surface area contributed by atoms with Crippen molar-refractivity contribution in [3.8, 4) is 0 Å². The number of nitrogens with zero attached hydrogens (tertiary/aromatic N) is 1. The third-order valence-corrected chi connectivity index (χ3v) is 3.34. The summed E-state index contributed by atoms with van der Waals surface area (Å²) in [4.78, 5) is 24.8. The van der Waals surface area contributed by atoms with E-state index in [1.54, 1.807) is 23.1 Å². The van der Waals surface area contributed by atoms with E-state index in [1.807, 2.05) is 0 Å². The fraction of sp³-hybridized carbons (Fsp3) is 0.429. The van der Waals surface area contributed by atoms with E-state index in [1.165, 1.54) is 6.07 Å². The SMILES string of the molecule is O=C(O)c1ccccc1CC(=O)N1CCCC(O)C1. The third kappa shape index (κ3) is 3.32. The van der Waals surface area contributed by atoms with Crippen molar-refractivity contribution in [3.05, 3.63) is 35.4 Å². The van der Waals surface area contributed by atoms with Gasteiger partial charge in [0.05, 0.1) is 18.1 Å². The zero-order valence-corrected chi connectivity index (χ0v) is 10.6. The second-order valence-electron chi connectivity index (χ2n) is 4.77. The molecule has 0 spiro atoms. The molecule has 1 heterocycles. The molecular weight excluding hydrogens is 246 g/mol. The number of amides is 1. The molecule has 19 heavy (non-hydrogen) atoms. The lowest BCUT2D eigenvalue weighted by Gasteiger charge is -2.30. The molecule has 1 atom stereocenters. The average Bonchev–Trinajstić information content (AvgIpc) is 2.39. The maximum atomic E-state index is 12.1. The van der Waals surface area contributed by atoms with E-state index in [4.69, 9.17) is 5.11 Å². The van der Waals surface area contributed by atoms with Crippen LogP contribution in [0.4, 0.5) is 0 Å². The number of β-amino-alcohol motifs (C(OH)–C–C–N with tert-alkyl or cyclic N) is 1. The van der Waals surface area contributed by atoms with Crippen LogP contribution in [0, 0.1) is 0 Å². The summed E-state index contributed by atoms with van der Waals surface area (Å²) < 4.78 is 0. The highest BCUT2D eigenvalue weighted by molar-refractivity contribution is 5.91. The normalized spacial score (nSPS) is 19.2. The van der Waals surface area contributed by atoms with E-state index < -0.39 is 12.1 Å². The number of aliphatic hydroxyl groups is 1. The molecule has 0 saturated carbocycles. The van der Waals surface area contributed by atoms with Crippen LogP contribution in [0.5, 0.6) is 0 Å². The van der Waals surface area contributed by atoms with Gasteiger partial charge in [-0.3, -0.25) is 4.79 Å². The second-order valence-corrected chi connectivity index (χ2v) is 4.77. The Hall–Kier alpha value is -1.88. The van der Waals surface area contributed by atoms with Gasteiger partial charge in [-0.1, -0.05) is 18.2 Å². The van der Waals surface area contributed by atoms with Crippen molar-refractivity contribution in [1.29, 1.82) is 0 Å². The van der Waals surface area contributed by atoms with Gasteiger partial charge in [0.2, 0.25) is 5.91 Å². The highest BCUT2D eigenvalue weighted by Gasteiger charge is 2.23. The Morgan fingerprint density at radius 1 is 1.32 bits per heavy atom. The van der Waals surface area contributed by atoms with Crippen molar-refractivity contribution in [2.75, 3.05) is 13.1 Å². The van der Waals surface area contributed by atoms with Crippen LogP contribution < -0.4 is 0 Å². The summed E-state index contributed by atoms with van der Waals surface area (Å²) in [6.45, 7) is 0.971. The first-order valence-electron chi connectivity index (χ1n) is 6.35. The third-order valence-electron chi connectivity index (χ3n) is 3.34. The number of aromatic carboxylic acids is 1. The zero-order valence-electron chi connectivity index (χ0n) is 10.6. The molecule has 0 aliphatic carbocycles. The minimum absolute atomic E-state index is 0.0647. The summed E-state index contributed by atoms with van der Waals surface area (Å²) in [5, 5.41) is 18.6. The molecule has 0 aromatic heterocycles. The number of carboxylic acids is 1. The van der Waals surface area contributed by atoms with E-state index in [0.29, 0.717) is 18.7 Å². The van der Waals surface area contributed by atoms with Crippen LogP contribution in [0.2, 0.25) is 0 Å². The Bertz CT molecular complexity index is 486. The van der Waals surface area contributed by atoms with Crippen molar-refractivity contribution in [1.82, 2.24) is 4.90 Å². The molecule has 1 aliphatic heterocycles. The summed E-state index contributed by atoms with van der Waals surface area (Å²) in [6.07, 6.45) is 1.10. The summed E-state index contributed by atoms with van der Waals surface area (Å²) in [5.74, 6) is -1.16. The summed E-state index contributed by atoms with van der Waals surface area (Å²) in [7, 11) is 0. The Morgan fingerprint density at radius 3 is 2.74 bits per heavy atom. The molecule has 1 aliphatic rings. The fourth-order valence-electron chi connectivity index (χ4n) is 2.34. The maximum Gasteiger partial charge on any atom is 0.335 e. The first kappa shape index (κ1) is 13.5. The molecule has 0 bridgehead atoms. The molecule has 1 aromatic rings. The molecule has 1 saturated heterocycles. The number of aliphatic hydroxyl groups excluding tert-OH is 1. The van der Waals surface area contributed by atoms with Crippen LogP contribution in [0.15, 0.2) is 24.3 Å². The first-order valence-corrected chi connectivity index (χ1v) is 6.35. The van der Waals surface area contributed by atoms with E-state index >= 15 is 0 Å². The smallest absolute Gasteiger partial charge is 0.335 e. The summed E-state index contributed by atoms with van der Waals surface area (Å²) in [6, 6.07) is 6.51. The summed E-state index contributed by atoms with van der Waals surface area (Å²) in [5.41, 5.74) is 0.675. The topological polar surface area (TPSA) is 77.8 Å². The molecule has 1 amide bonds. The number of hydrogen-bond acceptors (Lipinski definition) is 3.